The molecule has 2 unspecified atom stereocenters. The fourth-order valence-electron chi connectivity index (χ4n) is 5.16. The maximum Gasteiger partial charge on any atom is 0.251 e. The van der Waals surface area contributed by atoms with Crippen LogP contribution in [-0.2, 0) is 5.54 Å². The molecule has 27 heavy (non-hydrogen) atoms. The Hall–Kier alpha value is -1.84. The molecule has 0 aliphatic carbocycles. The number of aromatic nitrogens is 2. The SMILES string of the molecule is CB(Nc1ccccc1)C(B(C)N1c2ccnn2C(C)(C)C1C)C(C)(C)C. The highest BCUT2D eigenvalue weighted by molar-refractivity contribution is 6.82. The number of anilines is 2. The van der Waals surface area contributed by atoms with E-state index in [4.69, 9.17) is 0 Å². The Morgan fingerprint density at radius 2 is 1.74 bits per heavy atom. The van der Waals surface area contributed by atoms with Crippen molar-refractivity contribution in [3.05, 3.63) is 42.6 Å². The number of rotatable bonds is 5. The van der Waals surface area contributed by atoms with Crippen molar-refractivity contribution in [2.24, 2.45) is 5.41 Å². The first-order chi connectivity index (χ1) is 12.5. The minimum atomic E-state index is -0.00831. The van der Waals surface area contributed by atoms with E-state index in [9.17, 15) is 0 Å². The Balaban J connectivity index is 1.92. The molecule has 0 spiro atoms. The van der Waals surface area contributed by atoms with Gasteiger partial charge in [0, 0.05) is 11.7 Å². The van der Waals surface area contributed by atoms with Crippen molar-refractivity contribution >= 4 is 25.2 Å². The summed E-state index contributed by atoms with van der Waals surface area (Å²) in [5, 5.41) is 8.38. The molecule has 6 heteroatoms. The summed E-state index contributed by atoms with van der Waals surface area (Å²) in [4.78, 5) is 2.59. The fourth-order valence-corrected chi connectivity index (χ4v) is 5.16. The van der Waals surface area contributed by atoms with Crippen molar-refractivity contribution in [1.82, 2.24) is 9.78 Å². The molecule has 2 atom stereocenters. The Kier molecular flexibility index (Phi) is 5.13. The van der Waals surface area contributed by atoms with E-state index < -0.39 is 0 Å². The van der Waals surface area contributed by atoms with Crippen LogP contribution in [0.3, 0.4) is 0 Å². The lowest BCUT2D eigenvalue weighted by Crippen LogP contribution is -2.55. The average molecular weight is 364 g/mol. The molecule has 0 fully saturated rings. The zero-order valence-corrected chi connectivity index (χ0v) is 18.2. The second kappa shape index (κ2) is 6.96. The Bertz CT molecular complexity index is 766. The molecule has 1 N–H and O–H groups in total. The molecule has 1 aromatic carbocycles. The van der Waals surface area contributed by atoms with Gasteiger partial charge in [-0.15, -0.1) is 0 Å². The van der Waals surface area contributed by atoms with E-state index >= 15 is 0 Å². The zero-order valence-electron chi connectivity index (χ0n) is 18.2. The monoisotopic (exact) mass is 364 g/mol. The van der Waals surface area contributed by atoms with Gasteiger partial charge in [-0.2, -0.15) is 5.10 Å². The molecule has 2 aromatic rings. The molecule has 1 aliphatic rings. The van der Waals surface area contributed by atoms with Crippen LogP contribution in [0.2, 0.25) is 19.4 Å². The topological polar surface area (TPSA) is 33.1 Å². The summed E-state index contributed by atoms with van der Waals surface area (Å²) < 4.78 is 2.20. The number of hydrogen-bond acceptors (Lipinski definition) is 3. The number of hydrogen-bond donors (Lipinski definition) is 1. The minimum absolute atomic E-state index is 0.00831. The molecule has 0 saturated heterocycles. The van der Waals surface area contributed by atoms with Crippen LogP contribution in [0.5, 0.6) is 0 Å². The van der Waals surface area contributed by atoms with E-state index in [1.165, 1.54) is 11.5 Å². The summed E-state index contributed by atoms with van der Waals surface area (Å²) in [6, 6.07) is 13.1. The predicted octanol–water partition coefficient (Wildman–Crippen LogP) is 5.14. The van der Waals surface area contributed by atoms with E-state index in [0.29, 0.717) is 25.5 Å². The molecule has 0 bridgehead atoms. The molecule has 144 valence electrons. The second-order valence-corrected chi connectivity index (χ2v) is 9.77. The van der Waals surface area contributed by atoms with E-state index in [1.807, 2.05) is 6.20 Å². The van der Waals surface area contributed by atoms with Gasteiger partial charge in [0.05, 0.1) is 11.7 Å². The van der Waals surface area contributed by atoms with Crippen LogP contribution < -0.4 is 10.0 Å². The van der Waals surface area contributed by atoms with Crippen molar-refractivity contribution < 1.29 is 0 Å². The van der Waals surface area contributed by atoms with Gasteiger partial charge >= 0.3 is 0 Å². The highest BCUT2D eigenvalue weighted by Crippen LogP contribution is 2.44. The summed E-state index contributed by atoms with van der Waals surface area (Å²) >= 11 is 0. The molecule has 4 nitrogen and oxygen atoms in total. The smallest absolute Gasteiger partial charge is 0.251 e. The lowest BCUT2D eigenvalue weighted by molar-refractivity contribution is 0.312. The quantitative estimate of drug-likeness (QED) is 0.746. The maximum absolute atomic E-state index is 4.63. The van der Waals surface area contributed by atoms with Gasteiger partial charge in [-0.25, -0.2) is 4.68 Å². The first kappa shape index (κ1) is 19.9. The van der Waals surface area contributed by atoms with E-state index in [0.717, 1.165) is 0 Å². The molecule has 3 rings (SSSR count). The lowest BCUT2D eigenvalue weighted by atomic mass is 9.27. The third kappa shape index (κ3) is 3.51. The van der Waals surface area contributed by atoms with Crippen LogP contribution in [0.25, 0.3) is 0 Å². The molecule has 1 aromatic heterocycles. The standard InChI is InChI=1S/C21H34B2N4/c1-16-21(5,6)27-18(14-15-24-27)26(16)23(8)19(20(2,3)4)22(7)25-17-12-10-9-11-13-17/h9-16,19,25H,1-8H3. The third-order valence-corrected chi connectivity index (χ3v) is 6.54. The highest BCUT2D eigenvalue weighted by Gasteiger charge is 2.50. The van der Waals surface area contributed by atoms with Crippen LogP contribution >= 0.6 is 0 Å². The van der Waals surface area contributed by atoms with Crippen LogP contribution in [0, 0.1) is 5.41 Å². The summed E-state index contributed by atoms with van der Waals surface area (Å²) in [6.45, 7) is 19.4. The molecule has 2 heterocycles. The lowest BCUT2D eigenvalue weighted by Gasteiger charge is -2.43. The van der Waals surface area contributed by atoms with Crippen LogP contribution in [0.1, 0.15) is 41.5 Å². The van der Waals surface area contributed by atoms with Gasteiger partial charge in [-0.1, -0.05) is 52.6 Å². The van der Waals surface area contributed by atoms with Crippen molar-refractivity contribution in [3.8, 4) is 0 Å². The molecule has 0 saturated carbocycles. The largest absolute Gasteiger partial charge is 0.428 e. The first-order valence-electron chi connectivity index (χ1n) is 10.2. The number of para-hydroxylation sites is 1. The molecular weight excluding hydrogens is 330 g/mol. The van der Waals surface area contributed by atoms with E-state index in [-0.39, 0.29) is 11.0 Å². The van der Waals surface area contributed by atoms with Gasteiger partial charge in [-0.3, -0.25) is 0 Å². The minimum Gasteiger partial charge on any atom is -0.428 e. The van der Waals surface area contributed by atoms with Crippen LogP contribution in [0.4, 0.5) is 11.5 Å². The molecule has 1 aliphatic heterocycles. The predicted molar refractivity (Wildman–Crippen MR) is 120 cm³/mol. The van der Waals surface area contributed by atoms with Gasteiger partial charge in [0.15, 0.2) is 0 Å². The van der Waals surface area contributed by atoms with Gasteiger partial charge in [-0.05, 0) is 50.1 Å². The van der Waals surface area contributed by atoms with Crippen LogP contribution in [-0.4, -0.2) is 29.5 Å². The van der Waals surface area contributed by atoms with Crippen molar-refractivity contribution in [2.75, 3.05) is 10.0 Å². The normalized spacial score (nSPS) is 19.6. The Morgan fingerprint density at radius 1 is 1.11 bits per heavy atom. The number of nitrogens with zero attached hydrogens (tertiary/aromatic N) is 3. The van der Waals surface area contributed by atoms with Gasteiger partial charge in [0.2, 0.25) is 6.85 Å². The van der Waals surface area contributed by atoms with Crippen molar-refractivity contribution in [1.29, 1.82) is 0 Å². The van der Waals surface area contributed by atoms with E-state index in [1.54, 1.807) is 0 Å². The van der Waals surface area contributed by atoms with Gasteiger partial charge in [0.25, 0.3) is 6.85 Å². The Morgan fingerprint density at radius 3 is 2.33 bits per heavy atom. The summed E-state index contributed by atoms with van der Waals surface area (Å²) in [5.41, 5.74) is 1.80. The van der Waals surface area contributed by atoms with Gasteiger partial charge < -0.3 is 10.0 Å². The maximum atomic E-state index is 4.63. The summed E-state index contributed by atoms with van der Waals surface area (Å²) in [6.07, 6.45) is 1.93. The number of benzene rings is 1. The number of nitrogens with one attached hydrogen (secondary N) is 1. The highest BCUT2D eigenvalue weighted by atomic mass is 15.5. The second-order valence-electron chi connectivity index (χ2n) is 9.77. The molecule has 0 amide bonds. The van der Waals surface area contributed by atoms with Crippen molar-refractivity contribution in [3.63, 3.8) is 0 Å². The van der Waals surface area contributed by atoms with Gasteiger partial charge in [0.1, 0.15) is 5.82 Å². The van der Waals surface area contributed by atoms with Crippen molar-refractivity contribution in [2.45, 2.75) is 72.5 Å². The molecular formula is C21H34B2N4. The number of fused-ring (bicyclic) bond motifs is 1. The fraction of sp³-hybridized carbons (Fsp3) is 0.571. The van der Waals surface area contributed by atoms with E-state index in [2.05, 4.69) is 111 Å². The zero-order chi connectivity index (χ0) is 20.0. The summed E-state index contributed by atoms with van der Waals surface area (Å²) in [7, 11) is 0. The molecule has 0 radical (unpaired) electrons. The van der Waals surface area contributed by atoms with Crippen LogP contribution in [0.15, 0.2) is 42.6 Å². The summed E-state index contributed by atoms with van der Waals surface area (Å²) in [5.74, 6) is 1.24. The average Bonchev–Trinajstić information content (AvgIpc) is 3.10. The Labute approximate surface area is 165 Å². The first-order valence-corrected chi connectivity index (χ1v) is 10.2. The third-order valence-electron chi connectivity index (χ3n) is 6.54.